The monoisotopic (exact) mass is 1350 g/mol. The highest BCUT2D eigenvalue weighted by molar-refractivity contribution is 6.30. The van der Waals surface area contributed by atoms with E-state index in [-0.39, 0.29) is 142 Å². The maximum absolute atomic E-state index is 14.0. The van der Waals surface area contributed by atoms with Crippen molar-refractivity contribution in [3.05, 3.63) is 58.7 Å². The first-order chi connectivity index (χ1) is 44.9. The minimum Gasteiger partial charge on any atom is -0.401 e. The Morgan fingerprint density at radius 3 is 1.56 bits per heavy atom. The fraction of sp³-hybridized carbons (Fsp3) is 0.641. The van der Waals surface area contributed by atoms with Gasteiger partial charge in [0.2, 0.25) is 41.4 Å². The van der Waals surface area contributed by atoms with Gasteiger partial charge in [-0.2, -0.15) is 5.10 Å². The van der Waals surface area contributed by atoms with Crippen molar-refractivity contribution >= 4 is 77.3 Å². The summed E-state index contributed by atoms with van der Waals surface area (Å²) in [7, 11) is 4.87. The molecule has 1 aromatic carbocycles. The molecule has 534 valence electrons. The number of rotatable bonds is 32. The highest BCUT2D eigenvalue weighted by Gasteiger charge is 2.46. The van der Waals surface area contributed by atoms with Gasteiger partial charge in [-0.25, -0.2) is 5.84 Å². The van der Waals surface area contributed by atoms with Crippen LogP contribution in [0.5, 0.6) is 0 Å². The number of hydrazone groups is 1. The molecule has 32 heteroatoms. The largest absolute Gasteiger partial charge is 0.401 e. The summed E-state index contributed by atoms with van der Waals surface area (Å²) in [6.45, 7) is 20.4. The zero-order valence-corrected chi connectivity index (χ0v) is 58.3. The van der Waals surface area contributed by atoms with Crippen LogP contribution >= 0.6 is 0 Å². The van der Waals surface area contributed by atoms with Gasteiger partial charge in [0.15, 0.2) is 0 Å². The summed E-state index contributed by atoms with van der Waals surface area (Å²) in [5.74, 6) is 7.37. The second-order valence-corrected chi connectivity index (χ2v) is 28.0. The Morgan fingerprint density at radius 1 is 0.635 bits per heavy atom. The zero-order valence-electron chi connectivity index (χ0n) is 58.3. The number of nitrogens with zero attached hydrogens (tertiary/aromatic N) is 6. The summed E-state index contributed by atoms with van der Waals surface area (Å²) in [6, 6.07) is -2.56. The molecule has 3 fully saturated rings. The van der Waals surface area contributed by atoms with Crippen molar-refractivity contribution in [3.8, 4) is 0 Å². The number of likely N-dealkylation sites (tertiary alicyclic amines) is 3. The molecule has 3 aliphatic rings. The normalized spacial score (nSPS) is 20.8. The van der Waals surface area contributed by atoms with Crippen LogP contribution in [0.1, 0.15) is 146 Å². The summed E-state index contributed by atoms with van der Waals surface area (Å²) >= 11 is 0. The lowest BCUT2D eigenvalue weighted by Gasteiger charge is -2.35. The predicted molar refractivity (Wildman–Crippen MR) is 364 cm³/mol. The average molecular weight is 1350 g/mol. The topological polar surface area (TPSA) is 476 Å². The van der Waals surface area contributed by atoms with Crippen molar-refractivity contribution < 1.29 is 52.7 Å². The van der Waals surface area contributed by atoms with E-state index < -0.39 is 106 Å². The first-order valence-corrected chi connectivity index (χ1v) is 32.4. The summed E-state index contributed by atoms with van der Waals surface area (Å²) in [6.07, 6.45) is 6.28. The molecule has 0 aliphatic carbocycles. The molecule has 96 heavy (non-hydrogen) atoms. The van der Waals surface area contributed by atoms with E-state index >= 15 is 0 Å². The van der Waals surface area contributed by atoms with Crippen molar-refractivity contribution in [2.24, 2.45) is 55.2 Å². The summed E-state index contributed by atoms with van der Waals surface area (Å²) in [5, 5.41) is 33.6. The number of aldehydes is 1. The maximum atomic E-state index is 14.0. The molecule has 1 unspecified atom stereocenters. The molecule has 1 aromatic rings. The zero-order chi connectivity index (χ0) is 72.2. The van der Waals surface area contributed by atoms with Crippen molar-refractivity contribution in [2.75, 3.05) is 73.5 Å². The van der Waals surface area contributed by atoms with Crippen LogP contribution in [-0.2, 0) is 38.4 Å². The number of hydrogen-bond acceptors (Lipinski definition) is 22. The van der Waals surface area contributed by atoms with Crippen LogP contribution < -0.4 is 82.1 Å². The van der Waals surface area contributed by atoms with Gasteiger partial charge in [-0.3, -0.25) is 52.9 Å². The SMILES string of the molecule is CNCC(=O)N[C@H](C(=O)N1C[C@@H](N=CC(CCNC(=O)c2cc(C(=O)NCC/C(N)=C/N[C@H]3C[C@@H](C(N)=O)N(C(=O)[C@@H](NC(=O)CNC)C(C)(C)C)C3)cc(C(=O)NCC/C(N)=C/N(N)[C@H]3C[C@@H](C)N(C(=O)C(NC(=O)[C@H](C)NC)C(C)(C)C)C3)c2)=NN)C[C@H]1C=O)C(C)(C)C. The number of primary amides is 1. The van der Waals surface area contributed by atoms with Gasteiger partial charge >= 0.3 is 0 Å². The quantitative estimate of drug-likeness (QED) is 0.0148. The molecule has 0 saturated carbocycles. The molecule has 32 nitrogen and oxygen atoms in total. The standard InChI is InChI=1S/C64H107N21O11/c1-36-21-46(34-82(36)59(94)53(64(9,10)11)80-55(90)37(2)72-14)85(69)31-42(66)16-19-74-57(92)39-22-38(56(91)73-18-15-41(65)27-76-45-26-48(54(67)89)84(33-45)61(96)52(63(6,7)8)79-50(88)30-71-13)23-40(24-39)58(93)75-20-17-43(81-68)28-77-44-25-47(35-86)83(32-44)60(95)51(62(3,4)5)78-49(87)29-70-12/h22-24,27-28,31,35-37,44-48,51-53,70-72,76H,15-21,25-26,29-30,32-34,65-66,68-69H2,1-14H3,(H2,67,89)(H,73,91)(H,74,92)(H,75,93)(H,78,87)(H,79,88)(H,80,90)/b41-27-,42-31-,77-28?,81-43?/t36-,37+,44+,45+,46+,47+,48+,51-,52-,53?/m1/s1. The molecular weight excluding hydrogens is 1240 g/mol. The van der Waals surface area contributed by atoms with Gasteiger partial charge in [0.1, 0.15) is 30.5 Å². The Kier molecular flexibility index (Phi) is 29.7. The Labute approximate surface area is 563 Å². The second kappa shape index (κ2) is 35.8. The molecule has 3 aliphatic heterocycles. The van der Waals surface area contributed by atoms with Crippen molar-refractivity contribution in [3.63, 3.8) is 0 Å². The smallest absolute Gasteiger partial charge is 0.251 e. The number of carbonyl (C=O) groups is 11. The van der Waals surface area contributed by atoms with Crippen molar-refractivity contribution in [1.82, 2.24) is 72.9 Å². The lowest BCUT2D eigenvalue weighted by Crippen LogP contribution is -2.58. The van der Waals surface area contributed by atoms with Crippen LogP contribution in [0.2, 0.25) is 0 Å². The van der Waals surface area contributed by atoms with Crippen LogP contribution in [0.4, 0.5) is 0 Å². The molecule has 4 rings (SSSR count). The first kappa shape index (κ1) is 79.7. The fourth-order valence-corrected chi connectivity index (χ4v) is 11.2. The lowest BCUT2D eigenvalue weighted by molar-refractivity contribution is -0.143. The van der Waals surface area contributed by atoms with E-state index in [9.17, 15) is 52.7 Å². The molecule has 3 saturated heterocycles. The molecule has 0 bridgehead atoms. The third-order valence-electron chi connectivity index (χ3n) is 16.9. The molecule has 0 spiro atoms. The van der Waals surface area contributed by atoms with Crippen LogP contribution in [0.25, 0.3) is 0 Å². The number of benzene rings is 1. The predicted octanol–water partition coefficient (Wildman–Crippen LogP) is -2.95. The van der Waals surface area contributed by atoms with E-state index in [4.69, 9.17) is 28.9 Å². The van der Waals surface area contributed by atoms with Crippen LogP contribution in [0.3, 0.4) is 0 Å². The summed E-state index contributed by atoms with van der Waals surface area (Å²) in [5.41, 5.74) is 17.3. The first-order valence-electron chi connectivity index (χ1n) is 32.4. The van der Waals surface area contributed by atoms with E-state index in [1.165, 1.54) is 51.6 Å². The summed E-state index contributed by atoms with van der Waals surface area (Å²) in [4.78, 5) is 156. The number of nitrogens with one attached hydrogen (secondary N) is 10. The second-order valence-electron chi connectivity index (χ2n) is 28.0. The highest BCUT2D eigenvalue weighted by atomic mass is 16.2. The number of aliphatic imine (C=N–C) groups is 1. The molecule has 0 aromatic heterocycles. The molecular formula is C64H107N21O11. The lowest BCUT2D eigenvalue weighted by atomic mass is 9.85. The van der Waals surface area contributed by atoms with Crippen LogP contribution in [0.15, 0.2) is 52.1 Å². The Hall–Kier alpha value is -8.75. The number of amides is 10. The van der Waals surface area contributed by atoms with E-state index in [0.29, 0.717) is 18.4 Å². The third-order valence-corrected chi connectivity index (χ3v) is 16.9. The van der Waals surface area contributed by atoms with E-state index in [2.05, 4.69) is 63.3 Å². The fourth-order valence-electron chi connectivity index (χ4n) is 11.2. The van der Waals surface area contributed by atoms with Gasteiger partial charge < -0.3 is 101 Å². The number of carbonyl (C=O) groups excluding carboxylic acids is 11. The average Bonchev–Trinajstić information content (AvgIpc) is 1.51. The molecule has 3 heterocycles. The van der Waals surface area contributed by atoms with E-state index in [1.54, 1.807) is 53.7 Å². The molecule has 10 amide bonds. The minimum atomic E-state index is -0.968. The maximum Gasteiger partial charge on any atom is 0.251 e. The summed E-state index contributed by atoms with van der Waals surface area (Å²) < 4.78 is 0. The van der Waals surface area contributed by atoms with E-state index in [1.807, 2.05) is 48.5 Å². The van der Waals surface area contributed by atoms with Gasteiger partial charge in [-0.1, -0.05) is 62.3 Å². The molecule has 0 radical (unpaired) electrons. The highest BCUT2D eigenvalue weighted by Crippen LogP contribution is 2.30. The molecule has 20 N–H and O–H groups in total. The van der Waals surface area contributed by atoms with Crippen molar-refractivity contribution in [2.45, 2.75) is 175 Å². The Morgan fingerprint density at radius 2 is 1.10 bits per heavy atom. The Balaban J connectivity index is 1.49. The number of nitrogens with two attached hydrogens (primary N) is 5. The van der Waals surface area contributed by atoms with Gasteiger partial charge in [0.25, 0.3) is 17.7 Å². The van der Waals surface area contributed by atoms with Crippen LogP contribution in [-0.4, -0.2) is 231 Å². The Bertz CT molecular complexity index is 3080. The van der Waals surface area contributed by atoms with Gasteiger partial charge in [-0.15, -0.1) is 0 Å². The van der Waals surface area contributed by atoms with Gasteiger partial charge in [0, 0.05) is 117 Å². The number of hydrogen-bond donors (Lipinski definition) is 15. The van der Waals surface area contributed by atoms with Crippen molar-refractivity contribution in [1.29, 1.82) is 0 Å². The van der Waals surface area contributed by atoms with Gasteiger partial charge in [-0.05, 0) is 88.7 Å². The number of likely N-dealkylation sites (N-methyl/N-ethyl adjacent to an activating group) is 3. The number of hydrazine groups is 1. The van der Waals surface area contributed by atoms with Gasteiger partial charge in [0.05, 0.1) is 43.0 Å². The van der Waals surface area contributed by atoms with Crippen LogP contribution in [0, 0.1) is 16.2 Å². The molecule has 10 atom stereocenters. The third kappa shape index (κ3) is 23.3. The minimum absolute atomic E-state index is 0.00164. The van der Waals surface area contributed by atoms with E-state index in [0.717, 1.165) is 0 Å².